The lowest BCUT2D eigenvalue weighted by molar-refractivity contribution is 0.0841. The zero-order valence-electron chi connectivity index (χ0n) is 10.6. The van der Waals surface area contributed by atoms with Gasteiger partial charge in [-0.1, -0.05) is 6.92 Å². The minimum absolute atomic E-state index is 0.0365. The maximum Gasteiger partial charge on any atom is 0.291 e. The van der Waals surface area contributed by atoms with Gasteiger partial charge in [0.15, 0.2) is 0 Å². The van der Waals surface area contributed by atoms with Crippen LogP contribution in [0.3, 0.4) is 0 Å². The molecule has 1 aromatic rings. The Morgan fingerprint density at radius 1 is 1.56 bits per heavy atom. The van der Waals surface area contributed by atoms with Crippen molar-refractivity contribution in [1.82, 2.24) is 20.5 Å². The molecule has 18 heavy (non-hydrogen) atoms. The fraction of sp³-hybridized carbons (Fsp3) is 0.750. The highest BCUT2D eigenvalue weighted by atomic mass is 16.3. The quantitative estimate of drug-likeness (QED) is 0.739. The van der Waals surface area contributed by atoms with Crippen LogP contribution in [-0.2, 0) is 6.42 Å². The van der Waals surface area contributed by atoms with Crippen LogP contribution in [0.2, 0.25) is 0 Å². The summed E-state index contributed by atoms with van der Waals surface area (Å²) in [5.41, 5.74) is 0. The molecular weight excluding hydrogens is 232 g/mol. The lowest BCUT2D eigenvalue weighted by Gasteiger charge is -2.26. The van der Waals surface area contributed by atoms with E-state index >= 15 is 0 Å². The first-order valence-corrected chi connectivity index (χ1v) is 6.59. The fourth-order valence-corrected chi connectivity index (χ4v) is 2.29. The highest BCUT2D eigenvalue weighted by Crippen LogP contribution is 2.18. The second-order valence-corrected chi connectivity index (χ2v) is 4.85. The minimum Gasteiger partial charge on any atom is -0.393 e. The summed E-state index contributed by atoms with van der Waals surface area (Å²) in [6, 6.07) is 0.0365. The van der Waals surface area contributed by atoms with Gasteiger partial charge < -0.3 is 10.4 Å². The van der Waals surface area contributed by atoms with Gasteiger partial charge in [0.2, 0.25) is 5.82 Å². The van der Waals surface area contributed by atoms with Gasteiger partial charge in [-0.3, -0.25) is 9.89 Å². The Labute approximate surface area is 106 Å². The number of carbonyl (C=O) groups excluding carboxylic acids is 1. The number of aromatic amines is 1. The standard InChI is InChI=1S/C12H20N4O2/c1-2-4-10-14-11(16-15-10)12(18)13-8-5-3-6-9(17)7-8/h8-9,17H,2-7H2,1H3,(H,13,18)(H,14,15,16). The third-order valence-electron chi connectivity index (χ3n) is 3.20. The normalized spacial score (nSPS) is 23.9. The van der Waals surface area contributed by atoms with E-state index in [0.717, 1.165) is 37.9 Å². The number of H-pyrrole nitrogens is 1. The molecule has 6 heteroatoms. The number of carbonyl (C=O) groups is 1. The fourth-order valence-electron chi connectivity index (χ4n) is 2.29. The molecule has 1 aliphatic carbocycles. The van der Waals surface area contributed by atoms with E-state index in [2.05, 4.69) is 20.5 Å². The SMILES string of the molecule is CCCc1nc(C(=O)NC2CCCC(O)C2)n[nH]1. The molecule has 100 valence electrons. The van der Waals surface area contributed by atoms with Crippen LogP contribution in [0.25, 0.3) is 0 Å². The van der Waals surface area contributed by atoms with Crippen LogP contribution >= 0.6 is 0 Å². The molecule has 1 aliphatic rings. The molecule has 0 aliphatic heterocycles. The molecule has 0 spiro atoms. The average molecular weight is 252 g/mol. The third-order valence-corrected chi connectivity index (χ3v) is 3.20. The first kappa shape index (κ1) is 13.0. The van der Waals surface area contributed by atoms with Crippen LogP contribution in [-0.4, -0.2) is 38.3 Å². The lowest BCUT2D eigenvalue weighted by atomic mass is 9.93. The van der Waals surface area contributed by atoms with Crippen molar-refractivity contribution in [2.24, 2.45) is 0 Å². The molecule has 1 amide bonds. The summed E-state index contributed by atoms with van der Waals surface area (Å²) in [5.74, 6) is 0.678. The Morgan fingerprint density at radius 3 is 3.11 bits per heavy atom. The molecule has 2 rings (SSSR count). The summed E-state index contributed by atoms with van der Waals surface area (Å²) < 4.78 is 0. The number of hydrogen-bond acceptors (Lipinski definition) is 4. The van der Waals surface area contributed by atoms with Crippen molar-refractivity contribution in [3.05, 3.63) is 11.6 Å². The number of nitrogens with one attached hydrogen (secondary N) is 2. The molecule has 0 saturated heterocycles. The van der Waals surface area contributed by atoms with Crippen LogP contribution in [0.5, 0.6) is 0 Å². The third kappa shape index (κ3) is 3.29. The number of hydrogen-bond donors (Lipinski definition) is 3. The maximum atomic E-state index is 11.9. The number of aromatic nitrogens is 3. The van der Waals surface area contributed by atoms with Crippen molar-refractivity contribution in [1.29, 1.82) is 0 Å². The molecule has 0 aromatic carbocycles. The summed E-state index contributed by atoms with van der Waals surface area (Å²) in [6.07, 6.45) is 4.77. The van der Waals surface area contributed by atoms with E-state index in [0.29, 0.717) is 6.42 Å². The van der Waals surface area contributed by atoms with Crippen molar-refractivity contribution in [2.75, 3.05) is 0 Å². The van der Waals surface area contributed by atoms with E-state index in [1.807, 2.05) is 6.92 Å². The Bertz CT molecular complexity index is 405. The highest BCUT2D eigenvalue weighted by Gasteiger charge is 2.23. The summed E-state index contributed by atoms with van der Waals surface area (Å²) >= 11 is 0. The molecule has 1 heterocycles. The molecule has 3 N–H and O–H groups in total. The number of aliphatic hydroxyl groups excluding tert-OH is 1. The largest absolute Gasteiger partial charge is 0.393 e. The Morgan fingerprint density at radius 2 is 2.39 bits per heavy atom. The first-order chi connectivity index (χ1) is 8.69. The molecule has 6 nitrogen and oxygen atoms in total. The van der Waals surface area contributed by atoms with Crippen molar-refractivity contribution in [3.8, 4) is 0 Å². The summed E-state index contributed by atoms with van der Waals surface area (Å²) in [7, 11) is 0. The Hall–Kier alpha value is -1.43. The van der Waals surface area contributed by atoms with Crippen LogP contribution < -0.4 is 5.32 Å². The van der Waals surface area contributed by atoms with Gasteiger partial charge in [0.25, 0.3) is 5.91 Å². The number of nitrogens with zero attached hydrogens (tertiary/aromatic N) is 2. The topological polar surface area (TPSA) is 90.9 Å². The van der Waals surface area contributed by atoms with E-state index in [9.17, 15) is 9.90 Å². The second-order valence-electron chi connectivity index (χ2n) is 4.85. The Balaban J connectivity index is 1.90. The van der Waals surface area contributed by atoms with Crippen molar-refractivity contribution >= 4 is 5.91 Å². The number of amides is 1. The van der Waals surface area contributed by atoms with Gasteiger partial charge in [0, 0.05) is 12.5 Å². The number of rotatable bonds is 4. The lowest BCUT2D eigenvalue weighted by Crippen LogP contribution is -2.40. The van der Waals surface area contributed by atoms with Gasteiger partial charge in [0.05, 0.1) is 6.10 Å². The minimum atomic E-state index is -0.299. The summed E-state index contributed by atoms with van der Waals surface area (Å²) in [4.78, 5) is 16.0. The highest BCUT2D eigenvalue weighted by molar-refractivity contribution is 5.90. The summed E-state index contributed by atoms with van der Waals surface area (Å²) in [5, 5.41) is 19.1. The van der Waals surface area contributed by atoms with Gasteiger partial charge in [0.1, 0.15) is 5.82 Å². The van der Waals surface area contributed by atoms with E-state index in [1.165, 1.54) is 0 Å². The van der Waals surface area contributed by atoms with Gasteiger partial charge in [-0.25, -0.2) is 4.98 Å². The molecule has 2 atom stereocenters. The average Bonchev–Trinajstić information content (AvgIpc) is 2.78. The maximum absolute atomic E-state index is 11.9. The monoisotopic (exact) mass is 252 g/mol. The van der Waals surface area contributed by atoms with E-state index in [4.69, 9.17) is 0 Å². The zero-order chi connectivity index (χ0) is 13.0. The molecule has 1 aromatic heterocycles. The molecule has 2 unspecified atom stereocenters. The number of aliphatic hydroxyl groups is 1. The molecule has 1 fully saturated rings. The van der Waals surface area contributed by atoms with Crippen molar-refractivity contribution in [3.63, 3.8) is 0 Å². The molecule has 0 bridgehead atoms. The second kappa shape index (κ2) is 5.95. The smallest absolute Gasteiger partial charge is 0.291 e. The van der Waals surface area contributed by atoms with Crippen LogP contribution in [0.4, 0.5) is 0 Å². The van der Waals surface area contributed by atoms with Gasteiger partial charge in [-0.15, -0.1) is 5.10 Å². The molecule has 1 saturated carbocycles. The van der Waals surface area contributed by atoms with Gasteiger partial charge in [-0.05, 0) is 32.1 Å². The predicted octanol–water partition coefficient (Wildman–Crippen LogP) is 0.790. The van der Waals surface area contributed by atoms with Crippen LogP contribution in [0.15, 0.2) is 0 Å². The van der Waals surface area contributed by atoms with E-state index in [-0.39, 0.29) is 23.9 Å². The van der Waals surface area contributed by atoms with Gasteiger partial charge in [-0.2, -0.15) is 0 Å². The van der Waals surface area contributed by atoms with E-state index in [1.54, 1.807) is 0 Å². The van der Waals surface area contributed by atoms with Crippen molar-refractivity contribution in [2.45, 2.75) is 57.6 Å². The molecular formula is C12H20N4O2. The van der Waals surface area contributed by atoms with Crippen molar-refractivity contribution < 1.29 is 9.90 Å². The van der Waals surface area contributed by atoms with Crippen LogP contribution in [0.1, 0.15) is 55.5 Å². The van der Waals surface area contributed by atoms with E-state index < -0.39 is 0 Å². The number of aryl methyl sites for hydroxylation is 1. The van der Waals surface area contributed by atoms with Gasteiger partial charge >= 0.3 is 0 Å². The zero-order valence-corrected chi connectivity index (χ0v) is 10.6. The molecule has 0 radical (unpaired) electrons. The van der Waals surface area contributed by atoms with Crippen LogP contribution in [0, 0.1) is 0 Å². The Kier molecular flexibility index (Phi) is 4.30. The predicted molar refractivity (Wildman–Crippen MR) is 66.1 cm³/mol. The first-order valence-electron chi connectivity index (χ1n) is 6.59. The summed E-state index contributed by atoms with van der Waals surface area (Å²) in [6.45, 7) is 2.05.